The van der Waals surface area contributed by atoms with Gasteiger partial charge in [0, 0.05) is 59.3 Å². The molecule has 0 saturated carbocycles. The first-order valence-electron chi connectivity index (χ1n) is 14.8. The summed E-state index contributed by atoms with van der Waals surface area (Å²) in [5.41, 5.74) is 11.0. The molecule has 0 bridgehead atoms. The molecule has 0 saturated heterocycles. The van der Waals surface area contributed by atoms with Crippen LogP contribution in [0.3, 0.4) is 0 Å². The van der Waals surface area contributed by atoms with Gasteiger partial charge in [0.25, 0.3) is 5.91 Å². The quantitative estimate of drug-likeness (QED) is 0.0739. The van der Waals surface area contributed by atoms with Crippen molar-refractivity contribution >= 4 is 17.5 Å². The number of aliphatic hydroxyl groups is 1. The van der Waals surface area contributed by atoms with Crippen molar-refractivity contribution in [3.8, 4) is 17.2 Å². The SMILES string of the molecule is COc1ccc(CNC(=O)[C@]2(Cc3ccccc3)N=C(c3ccc(OCCCO)cc3)O[C@@H]2c2ccccc2N=[N+]=[N-])c(OC)c1. The number of benzene rings is 4. The Kier molecular flexibility index (Phi) is 10.4. The van der Waals surface area contributed by atoms with E-state index in [1.54, 1.807) is 62.8 Å². The molecule has 4 aromatic carbocycles. The maximum absolute atomic E-state index is 14.6. The van der Waals surface area contributed by atoms with Crippen LogP contribution in [0.15, 0.2) is 107 Å². The fraction of sp³-hybridized carbons (Fsp3) is 0.257. The number of hydrogen-bond donors (Lipinski definition) is 2. The lowest BCUT2D eigenvalue weighted by Crippen LogP contribution is -2.49. The van der Waals surface area contributed by atoms with Gasteiger partial charge in [-0.15, -0.1) is 0 Å². The monoisotopic (exact) mass is 621 g/mol. The van der Waals surface area contributed by atoms with Crippen molar-refractivity contribution < 1.29 is 28.8 Å². The highest BCUT2D eigenvalue weighted by Gasteiger charge is 2.53. The molecule has 0 fully saturated rings. The number of aliphatic imine (C=N–C) groups is 1. The molecule has 1 amide bonds. The van der Waals surface area contributed by atoms with Crippen LogP contribution in [0.4, 0.5) is 5.69 Å². The fourth-order valence-corrected chi connectivity index (χ4v) is 5.34. The van der Waals surface area contributed by atoms with Gasteiger partial charge in [0.2, 0.25) is 5.90 Å². The van der Waals surface area contributed by atoms with E-state index in [0.29, 0.717) is 47.1 Å². The van der Waals surface area contributed by atoms with Gasteiger partial charge in [-0.25, -0.2) is 4.99 Å². The summed E-state index contributed by atoms with van der Waals surface area (Å²) in [6, 6.07) is 29.2. The third-order valence-electron chi connectivity index (χ3n) is 7.65. The molecule has 0 spiro atoms. The second kappa shape index (κ2) is 15.0. The first kappa shape index (κ1) is 31.9. The predicted octanol–water partition coefficient (Wildman–Crippen LogP) is 6.22. The summed E-state index contributed by atoms with van der Waals surface area (Å²) in [5.74, 6) is 1.70. The Hall–Kier alpha value is -5.51. The number of carbonyl (C=O) groups is 1. The maximum atomic E-state index is 14.6. The van der Waals surface area contributed by atoms with Crippen LogP contribution in [0, 0.1) is 0 Å². The van der Waals surface area contributed by atoms with E-state index in [9.17, 15) is 10.3 Å². The maximum Gasteiger partial charge on any atom is 0.252 e. The predicted molar refractivity (Wildman–Crippen MR) is 174 cm³/mol. The van der Waals surface area contributed by atoms with Crippen LogP contribution in [0.25, 0.3) is 10.4 Å². The zero-order valence-corrected chi connectivity index (χ0v) is 25.6. The summed E-state index contributed by atoms with van der Waals surface area (Å²) in [7, 11) is 3.13. The number of azide groups is 1. The normalized spacial score (nSPS) is 16.8. The van der Waals surface area contributed by atoms with Crippen LogP contribution < -0.4 is 19.5 Å². The fourth-order valence-electron chi connectivity index (χ4n) is 5.34. The molecule has 11 nitrogen and oxygen atoms in total. The topological polar surface area (TPSA) is 147 Å². The van der Waals surface area contributed by atoms with Crippen LogP contribution >= 0.6 is 0 Å². The minimum absolute atomic E-state index is 0.0399. The Morgan fingerprint density at radius 3 is 2.46 bits per heavy atom. The number of aliphatic hydroxyl groups excluding tert-OH is 1. The standard InChI is InChI=1S/C35H35N5O6/c1-43-28-18-15-26(31(21-28)44-2)23-37-34(42)35(22-24-9-4-3-5-10-24)32(29-11-6-7-12-30(29)39-40-36)46-33(38-35)25-13-16-27(17-14-25)45-20-8-19-41/h3-7,9-18,21,32,41H,8,19-20,22-23H2,1-2H3,(H,37,42)/t32-,35-/m1/s1. The lowest BCUT2D eigenvalue weighted by Gasteiger charge is -2.31. The van der Waals surface area contributed by atoms with Gasteiger partial charge in [-0.2, -0.15) is 0 Å². The number of nitrogens with one attached hydrogen (secondary N) is 1. The molecule has 2 N–H and O–H groups in total. The van der Waals surface area contributed by atoms with Crippen molar-refractivity contribution in [1.82, 2.24) is 5.32 Å². The van der Waals surface area contributed by atoms with Crippen LogP contribution in [0.1, 0.15) is 34.8 Å². The molecule has 1 aliphatic heterocycles. The van der Waals surface area contributed by atoms with E-state index in [-0.39, 0.29) is 31.4 Å². The van der Waals surface area contributed by atoms with Gasteiger partial charge in [-0.3, -0.25) is 4.79 Å². The molecule has 236 valence electrons. The van der Waals surface area contributed by atoms with Gasteiger partial charge >= 0.3 is 0 Å². The Bertz CT molecular complexity index is 1720. The van der Waals surface area contributed by atoms with Gasteiger partial charge in [-0.1, -0.05) is 59.7 Å². The number of nitrogens with zero attached hydrogens (tertiary/aromatic N) is 4. The number of hydrogen-bond acceptors (Lipinski definition) is 8. The van der Waals surface area contributed by atoms with Crippen molar-refractivity contribution in [3.05, 3.63) is 130 Å². The van der Waals surface area contributed by atoms with Crippen molar-refractivity contribution in [3.63, 3.8) is 0 Å². The summed E-state index contributed by atoms with van der Waals surface area (Å²) in [6.07, 6.45) is -0.230. The minimum atomic E-state index is -1.49. The second-order valence-corrected chi connectivity index (χ2v) is 10.6. The Labute approximate surface area is 267 Å². The van der Waals surface area contributed by atoms with E-state index >= 15 is 0 Å². The van der Waals surface area contributed by atoms with Gasteiger partial charge in [-0.05, 0) is 47.5 Å². The van der Waals surface area contributed by atoms with Crippen LogP contribution in [0.2, 0.25) is 0 Å². The molecular formula is C35H35N5O6. The Morgan fingerprint density at radius 2 is 1.74 bits per heavy atom. The van der Waals surface area contributed by atoms with Gasteiger partial charge in [0.15, 0.2) is 11.6 Å². The highest BCUT2D eigenvalue weighted by molar-refractivity contribution is 6.01. The molecular weight excluding hydrogens is 586 g/mol. The molecule has 0 radical (unpaired) electrons. The molecule has 2 atom stereocenters. The average Bonchev–Trinajstić information content (AvgIpc) is 3.48. The molecule has 0 aromatic heterocycles. The van der Waals surface area contributed by atoms with E-state index in [1.165, 1.54) is 0 Å². The number of rotatable bonds is 14. The summed E-state index contributed by atoms with van der Waals surface area (Å²) in [5, 5.41) is 16.1. The van der Waals surface area contributed by atoms with Crippen molar-refractivity contribution in [2.45, 2.75) is 31.0 Å². The van der Waals surface area contributed by atoms with Gasteiger partial charge < -0.3 is 29.4 Å². The van der Waals surface area contributed by atoms with E-state index in [1.807, 2.05) is 48.5 Å². The first-order valence-corrected chi connectivity index (χ1v) is 14.8. The smallest absolute Gasteiger partial charge is 0.252 e. The highest BCUT2D eigenvalue weighted by Crippen LogP contribution is 2.45. The molecule has 5 rings (SSSR count). The van der Waals surface area contributed by atoms with E-state index in [4.69, 9.17) is 29.0 Å². The highest BCUT2D eigenvalue weighted by atomic mass is 16.5. The second-order valence-electron chi connectivity index (χ2n) is 10.6. The zero-order valence-electron chi connectivity index (χ0n) is 25.6. The minimum Gasteiger partial charge on any atom is -0.497 e. The lowest BCUT2D eigenvalue weighted by molar-refractivity contribution is -0.129. The van der Waals surface area contributed by atoms with Crippen LogP contribution in [-0.4, -0.2) is 49.9 Å². The third-order valence-corrected chi connectivity index (χ3v) is 7.65. The Morgan fingerprint density at radius 1 is 1.00 bits per heavy atom. The molecule has 0 aliphatic carbocycles. The van der Waals surface area contributed by atoms with Crippen LogP contribution in [-0.2, 0) is 22.5 Å². The zero-order chi connectivity index (χ0) is 32.4. The van der Waals surface area contributed by atoms with E-state index in [0.717, 1.165) is 11.1 Å². The summed E-state index contributed by atoms with van der Waals surface area (Å²) in [4.78, 5) is 22.7. The number of carbonyl (C=O) groups excluding carboxylic acids is 1. The summed E-state index contributed by atoms with van der Waals surface area (Å²) < 4.78 is 23.2. The molecule has 46 heavy (non-hydrogen) atoms. The van der Waals surface area contributed by atoms with Crippen molar-refractivity contribution in [2.75, 3.05) is 27.4 Å². The number of ether oxygens (including phenoxy) is 4. The van der Waals surface area contributed by atoms with Crippen molar-refractivity contribution in [1.29, 1.82) is 0 Å². The average molecular weight is 622 g/mol. The Balaban J connectivity index is 1.59. The third kappa shape index (κ3) is 7.07. The van der Waals surface area contributed by atoms with Crippen LogP contribution in [0.5, 0.6) is 17.2 Å². The number of amides is 1. The molecule has 4 aromatic rings. The van der Waals surface area contributed by atoms with Crippen molar-refractivity contribution in [2.24, 2.45) is 10.1 Å². The first-order chi connectivity index (χ1) is 22.5. The molecule has 0 unspecified atom stereocenters. The molecule has 1 heterocycles. The summed E-state index contributed by atoms with van der Waals surface area (Å²) in [6.45, 7) is 0.571. The lowest BCUT2D eigenvalue weighted by atomic mass is 9.81. The van der Waals surface area contributed by atoms with E-state index < -0.39 is 11.6 Å². The largest absolute Gasteiger partial charge is 0.497 e. The van der Waals surface area contributed by atoms with Gasteiger partial charge in [0.05, 0.1) is 20.8 Å². The van der Waals surface area contributed by atoms with E-state index in [2.05, 4.69) is 15.3 Å². The number of methoxy groups -OCH3 is 2. The summed E-state index contributed by atoms with van der Waals surface area (Å²) >= 11 is 0. The molecule has 1 aliphatic rings. The van der Waals surface area contributed by atoms with Gasteiger partial charge in [0.1, 0.15) is 17.2 Å². The molecule has 11 heteroatoms.